The molecule has 0 amide bonds. The molecule has 1 heteroatoms. The van der Waals surface area contributed by atoms with Crippen molar-refractivity contribution in [1.82, 2.24) is 0 Å². The molecule has 0 spiro atoms. The van der Waals surface area contributed by atoms with E-state index in [4.69, 9.17) is 0 Å². The molecule has 1 saturated carbocycles. The first-order valence-electron chi connectivity index (χ1n) is 7.23. The lowest BCUT2D eigenvalue weighted by molar-refractivity contribution is 0.268. The fraction of sp³-hybridized carbons (Fsp3) is 0.625. The van der Waals surface area contributed by atoms with Gasteiger partial charge < -0.3 is 0 Å². The Morgan fingerprint density at radius 1 is 0.824 bits per heavy atom. The molecule has 1 aromatic rings. The first kappa shape index (κ1) is 11.7. The summed E-state index contributed by atoms with van der Waals surface area (Å²) < 4.78 is 0. The predicted octanol–water partition coefficient (Wildman–Crippen LogP) is 4.39. The van der Waals surface area contributed by atoms with Crippen LogP contribution in [-0.4, -0.2) is 12.3 Å². The summed E-state index contributed by atoms with van der Waals surface area (Å²) in [5.41, 5.74) is 0. The van der Waals surface area contributed by atoms with Crippen LogP contribution in [-0.2, 0) is 0 Å². The van der Waals surface area contributed by atoms with Crippen molar-refractivity contribution in [2.24, 2.45) is 11.8 Å². The summed E-state index contributed by atoms with van der Waals surface area (Å²) in [5, 5.41) is 1.65. The third-order valence-electron chi connectivity index (χ3n) is 4.66. The molecule has 0 bridgehead atoms. The second-order valence-electron chi connectivity index (χ2n) is 5.73. The van der Waals surface area contributed by atoms with Gasteiger partial charge in [-0.15, -0.1) is 0 Å². The molecule has 0 radical (unpaired) electrons. The van der Waals surface area contributed by atoms with Crippen LogP contribution in [0.4, 0.5) is 0 Å². The third kappa shape index (κ3) is 2.74. The van der Waals surface area contributed by atoms with E-state index >= 15 is 0 Å². The number of benzene rings is 1. The summed E-state index contributed by atoms with van der Waals surface area (Å²) in [6, 6.07) is 11.3. The second-order valence-corrected chi connectivity index (χ2v) is 8.14. The summed E-state index contributed by atoms with van der Waals surface area (Å²) in [6.07, 6.45) is 12.1. The maximum atomic E-state index is 2.36. The molecule has 2 atom stereocenters. The minimum Gasteiger partial charge on any atom is -0.0750 e. The maximum absolute atomic E-state index is 2.36. The Balaban J connectivity index is 1.61. The van der Waals surface area contributed by atoms with Gasteiger partial charge in [-0.1, -0.05) is 70.4 Å². The Kier molecular flexibility index (Phi) is 3.81. The Bertz CT molecular complexity index is 340. The van der Waals surface area contributed by atoms with Crippen LogP contribution in [0.3, 0.4) is 0 Å². The molecule has 2 aliphatic rings. The molecule has 2 unspecified atom stereocenters. The minimum atomic E-state index is 0.196. The van der Waals surface area contributed by atoms with Crippen molar-refractivity contribution in [3.8, 4) is 0 Å². The molecule has 1 aromatic carbocycles. The molecule has 92 valence electrons. The van der Waals surface area contributed by atoms with E-state index in [1.807, 2.05) is 0 Å². The largest absolute Gasteiger partial charge is 0.0750 e. The zero-order valence-corrected chi connectivity index (χ0v) is 11.5. The van der Waals surface area contributed by atoms with E-state index < -0.39 is 0 Å². The predicted molar refractivity (Wildman–Crippen MR) is 77.4 cm³/mol. The number of rotatable bonds is 2. The zero-order valence-electron chi connectivity index (χ0n) is 10.6. The highest BCUT2D eigenvalue weighted by Crippen LogP contribution is 2.49. The topological polar surface area (TPSA) is 0 Å². The molecule has 2 fully saturated rings. The molecule has 1 aliphatic carbocycles. The van der Waals surface area contributed by atoms with E-state index in [2.05, 4.69) is 30.3 Å². The average molecular weight is 246 g/mol. The second kappa shape index (κ2) is 5.53. The Labute approximate surface area is 107 Å². The fourth-order valence-corrected chi connectivity index (χ4v) is 6.59. The van der Waals surface area contributed by atoms with E-state index in [9.17, 15) is 0 Å². The molecule has 0 aromatic heterocycles. The molecular formula is C16H23P. The number of hydrogen-bond donors (Lipinski definition) is 0. The summed E-state index contributed by atoms with van der Waals surface area (Å²) >= 11 is 0. The van der Waals surface area contributed by atoms with Gasteiger partial charge in [0, 0.05) is 0 Å². The van der Waals surface area contributed by atoms with Crippen LogP contribution >= 0.6 is 7.92 Å². The number of hydrogen-bond acceptors (Lipinski definition) is 0. The normalized spacial score (nSPS) is 30.6. The van der Waals surface area contributed by atoms with Gasteiger partial charge in [-0.2, -0.15) is 0 Å². The smallest absolute Gasteiger partial charge is 0.0240 e. The first-order chi connectivity index (χ1) is 8.43. The van der Waals surface area contributed by atoms with Gasteiger partial charge in [0.15, 0.2) is 0 Å². The van der Waals surface area contributed by atoms with Gasteiger partial charge in [0.1, 0.15) is 0 Å². The van der Waals surface area contributed by atoms with Gasteiger partial charge in [0.05, 0.1) is 0 Å². The van der Waals surface area contributed by atoms with Crippen molar-refractivity contribution < 1.29 is 0 Å². The van der Waals surface area contributed by atoms with Gasteiger partial charge in [-0.25, -0.2) is 0 Å². The van der Waals surface area contributed by atoms with Gasteiger partial charge in [-0.3, -0.25) is 0 Å². The van der Waals surface area contributed by atoms with Gasteiger partial charge >= 0.3 is 0 Å². The van der Waals surface area contributed by atoms with E-state index in [1.165, 1.54) is 50.8 Å². The Hall–Kier alpha value is -0.350. The highest BCUT2D eigenvalue weighted by molar-refractivity contribution is 7.65. The summed E-state index contributed by atoms with van der Waals surface area (Å²) in [6.45, 7) is 0. The third-order valence-corrected chi connectivity index (χ3v) is 7.40. The van der Waals surface area contributed by atoms with Crippen molar-refractivity contribution in [3.63, 3.8) is 0 Å². The molecule has 0 nitrogen and oxygen atoms in total. The molecule has 1 saturated heterocycles. The van der Waals surface area contributed by atoms with Crippen molar-refractivity contribution in [2.45, 2.75) is 38.5 Å². The van der Waals surface area contributed by atoms with Gasteiger partial charge in [0.25, 0.3) is 0 Å². The molecule has 3 rings (SSSR count). The first-order valence-corrected chi connectivity index (χ1v) is 8.95. The van der Waals surface area contributed by atoms with Crippen molar-refractivity contribution >= 4 is 13.2 Å². The van der Waals surface area contributed by atoms with Crippen LogP contribution in [0.15, 0.2) is 30.3 Å². The molecule has 0 N–H and O–H groups in total. The van der Waals surface area contributed by atoms with Gasteiger partial charge in [0.2, 0.25) is 0 Å². The van der Waals surface area contributed by atoms with Crippen LogP contribution in [0.1, 0.15) is 38.5 Å². The van der Waals surface area contributed by atoms with Crippen LogP contribution < -0.4 is 5.30 Å². The van der Waals surface area contributed by atoms with Crippen LogP contribution in [0, 0.1) is 11.8 Å². The highest BCUT2D eigenvalue weighted by atomic mass is 31.1. The lowest BCUT2D eigenvalue weighted by atomic mass is 9.80. The van der Waals surface area contributed by atoms with Crippen LogP contribution in [0.5, 0.6) is 0 Å². The highest BCUT2D eigenvalue weighted by Gasteiger charge is 2.31. The lowest BCUT2D eigenvalue weighted by Crippen LogP contribution is -2.17. The van der Waals surface area contributed by atoms with E-state index in [0.717, 1.165) is 11.8 Å². The Morgan fingerprint density at radius 2 is 1.59 bits per heavy atom. The monoisotopic (exact) mass is 246 g/mol. The molecular weight excluding hydrogens is 223 g/mol. The van der Waals surface area contributed by atoms with Gasteiger partial charge in [-0.05, 0) is 35.9 Å². The quantitative estimate of drug-likeness (QED) is 0.679. The van der Waals surface area contributed by atoms with E-state index in [1.54, 1.807) is 5.30 Å². The van der Waals surface area contributed by atoms with Crippen molar-refractivity contribution in [2.75, 3.05) is 12.3 Å². The fourth-order valence-electron chi connectivity index (χ4n) is 3.65. The van der Waals surface area contributed by atoms with Crippen LogP contribution in [0.25, 0.3) is 0 Å². The molecule has 17 heavy (non-hydrogen) atoms. The minimum absolute atomic E-state index is 0.196. The SMILES string of the molecule is c1ccc(P2CCC(C3CCCCC3)C2)cc1. The van der Waals surface area contributed by atoms with Crippen molar-refractivity contribution in [3.05, 3.63) is 30.3 Å². The van der Waals surface area contributed by atoms with Crippen LogP contribution in [0.2, 0.25) is 0 Å². The average Bonchev–Trinajstić information content (AvgIpc) is 2.90. The zero-order chi connectivity index (χ0) is 11.5. The summed E-state index contributed by atoms with van der Waals surface area (Å²) in [4.78, 5) is 0. The van der Waals surface area contributed by atoms with E-state index in [0.29, 0.717) is 0 Å². The summed E-state index contributed by atoms with van der Waals surface area (Å²) in [5.74, 6) is 2.15. The maximum Gasteiger partial charge on any atom is -0.0240 e. The summed E-state index contributed by atoms with van der Waals surface area (Å²) in [7, 11) is 0.196. The van der Waals surface area contributed by atoms with Crippen molar-refractivity contribution in [1.29, 1.82) is 0 Å². The molecule has 1 heterocycles. The lowest BCUT2D eigenvalue weighted by Gasteiger charge is -2.27. The standard InChI is InChI=1S/C16H23P/c1-3-7-14(8-4-1)15-11-12-17(13-15)16-9-5-2-6-10-16/h2,5-6,9-10,14-15H,1,3-4,7-8,11-13H2. The molecule has 1 aliphatic heterocycles. The Morgan fingerprint density at radius 3 is 2.35 bits per heavy atom. The van der Waals surface area contributed by atoms with E-state index in [-0.39, 0.29) is 7.92 Å².